The van der Waals surface area contributed by atoms with E-state index in [1.165, 1.54) is 0 Å². The molecule has 2 aromatic carbocycles. The first-order chi connectivity index (χ1) is 10.2. The molecule has 2 atom stereocenters. The number of hydrogen-bond acceptors (Lipinski definition) is 2. The summed E-state index contributed by atoms with van der Waals surface area (Å²) in [4.78, 5) is 11.9. The van der Waals surface area contributed by atoms with Crippen molar-refractivity contribution in [3.05, 3.63) is 76.9 Å². The van der Waals surface area contributed by atoms with E-state index in [4.69, 9.17) is 16.3 Å². The lowest BCUT2D eigenvalue weighted by Gasteiger charge is -1.97. The van der Waals surface area contributed by atoms with E-state index < -0.39 is 6.10 Å². The Morgan fingerprint density at radius 1 is 1.10 bits per heavy atom. The van der Waals surface area contributed by atoms with Crippen LogP contribution in [0, 0.1) is 0 Å². The fourth-order valence-corrected chi connectivity index (χ4v) is 2.21. The Kier molecular flexibility index (Phi) is 4.04. The van der Waals surface area contributed by atoms with Crippen LogP contribution >= 0.6 is 11.6 Å². The van der Waals surface area contributed by atoms with Gasteiger partial charge < -0.3 is 10.1 Å². The summed E-state index contributed by atoms with van der Waals surface area (Å²) in [5, 5.41) is 3.41. The molecule has 2 aromatic rings. The fraction of sp³-hybridized carbons (Fsp3) is 0.118. The molecule has 1 N–H and O–H groups in total. The van der Waals surface area contributed by atoms with Crippen molar-refractivity contribution in [3.8, 4) is 0 Å². The standard InChI is InChI=1S/C17H14ClNO2/c18-14-8-6-13(7-9-14)15-16(21-15)17(20)19-11-10-12-4-2-1-3-5-12/h1-11,15-16H,(H,19,20)/b11-10-/t15-,16+/m1/s1. The highest BCUT2D eigenvalue weighted by atomic mass is 35.5. The van der Waals surface area contributed by atoms with Gasteiger partial charge in [0.2, 0.25) is 0 Å². The van der Waals surface area contributed by atoms with Crippen molar-refractivity contribution >= 4 is 23.6 Å². The average Bonchev–Trinajstić information content (AvgIpc) is 3.30. The molecule has 0 aromatic heterocycles. The van der Waals surface area contributed by atoms with Gasteiger partial charge in [0.1, 0.15) is 6.10 Å². The van der Waals surface area contributed by atoms with Crippen LogP contribution in [0.3, 0.4) is 0 Å². The SMILES string of the molecule is O=C(N/C=C\c1ccccc1)[C@H]1O[C@@H]1c1ccc(Cl)cc1. The van der Waals surface area contributed by atoms with Gasteiger partial charge in [0.05, 0.1) is 0 Å². The van der Waals surface area contributed by atoms with Gasteiger partial charge in [-0.05, 0) is 29.3 Å². The van der Waals surface area contributed by atoms with Gasteiger partial charge >= 0.3 is 0 Å². The second kappa shape index (κ2) is 6.12. The smallest absolute Gasteiger partial charge is 0.256 e. The highest BCUT2D eigenvalue weighted by Crippen LogP contribution is 2.39. The minimum absolute atomic E-state index is 0.137. The van der Waals surface area contributed by atoms with Crippen molar-refractivity contribution in [3.63, 3.8) is 0 Å². The number of ether oxygens (including phenoxy) is 1. The molecule has 3 rings (SSSR count). The van der Waals surface area contributed by atoms with Gasteiger partial charge in [0, 0.05) is 11.2 Å². The maximum atomic E-state index is 11.9. The van der Waals surface area contributed by atoms with Crippen molar-refractivity contribution in [2.75, 3.05) is 0 Å². The minimum Gasteiger partial charge on any atom is -0.354 e. The molecule has 0 unspecified atom stereocenters. The van der Waals surface area contributed by atoms with E-state index >= 15 is 0 Å². The van der Waals surface area contributed by atoms with Crippen molar-refractivity contribution < 1.29 is 9.53 Å². The second-order valence-corrected chi connectivity index (χ2v) is 5.22. The number of hydrogen-bond donors (Lipinski definition) is 1. The molecular weight excluding hydrogens is 286 g/mol. The van der Waals surface area contributed by atoms with E-state index in [0.29, 0.717) is 5.02 Å². The van der Waals surface area contributed by atoms with Crippen molar-refractivity contribution in [1.29, 1.82) is 0 Å². The summed E-state index contributed by atoms with van der Waals surface area (Å²) >= 11 is 5.83. The zero-order valence-corrected chi connectivity index (χ0v) is 12.0. The lowest BCUT2D eigenvalue weighted by molar-refractivity contribution is -0.121. The normalized spacial score (nSPS) is 20.4. The van der Waals surface area contributed by atoms with Crippen LogP contribution in [-0.4, -0.2) is 12.0 Å². The van der Waals surface area contributed by atoms with Crippen LogP contribution in [-0.2, 0) is 9.53 Å². The number of carbonyl (C=O) groups excluding carboxylic acids is 1. The van der Waals surface area contributed by atoms with E-state index in [1.807, 2.05) is 48.5 Å². The van der Waals surface area contributed by atoms with Crippen molar-refractivity contribution in [1.82, 2.24) is 5.32 Å². The number of epoxide rings is 1. The topological polar surface area (TPSA) is 41.6 Å². The Morgan fingerprint density at radius 3 is 2.52 bits per heavy atom. The van der Waals surface area contributed by atoms with Gasteiger partial charge in [-0.25, -0.2) is 0 Å². The van der Waals surface area contributed by atoms with Gasteiger partial charge in [-0.15, -0.1) is 0 Å². The highest BCUT2D eigenvalue weighted by Gasteiger charge is 2.45. The third-order valence-electron chi connectivity index (χ3n) is 3.25. The molecule has 1 aliphatic rings. The summed E-state index contributed by atoms with van der Waals surface area (Å²) in [6, 6.07) is 17.1. The minimum atomic E-state index is -0.424. The molecule has 0 saturated carbocycles. The first-order valence-electron chi connectivity index (χ1n) is 6.67. The number of rotatable bonds is 4. The lowest BCUT2D eigenvalue weighted by Crippen LogP contribution is -2.23. The molecule has 0 spiro atoms. The van der Waals surface area contributed by atoms with Crippen LogP contribution in [0.25, 0.3) is 6.08 Å². The highest BCUT2D eigenvalue weighted by molar-refractivity contribution is 6.30. The first kappa shape index (κ1) is 13.9. The Morgan fingerprint density at radius 2 is 1.81 bits per heavy atom. The molecule has 3 nitrogen and oxygen atoms in total. The molecule has 0 bridgehead atoms. The average molecular weight is 300 g/mol. The van der Waals surface area contributed by atoms with Crippen LogP contribution < -0.4 is 5.32 Å². The first-order valence-corrected chi connectivity index (χ1v) is 7.05. The predicted molar refractivity (Wildman–Crippen MR) is 82.7 cm³/mol. The zero-order chi connectivity index (χ0) is 14.7. The van der Waals surface area contributed by atoms with E-state index in [2.05, 4.69) is 5.32 Å². The summed E-state index contributed by atoms with van der Waals surface area (Å²) in [6.45, 7) is 0. The Labute approximate surface area is 128 Å². The third-order valence-corrected chi connectivity index (χ3v) is 3.50. The number of carbonyl (C=O) groups is 1. The van der Waals surface area contributed by atoms with E-state index in [9.17, 15) is 4.79 Å². The van der Waals surface area contributed by atoms with E-state index in [1.54, 1.807) is 18.3 Å². The van der Waals surface area contributed by atoms with Gasteiger partial charge in [-0.2, -0.15) is 0 Å². The van der Waals surface area contributed by atoms with Crippen LogP contribution in [0.15, 0.2) is 60.8 Å². The van der Waals surface area contributed by atoms with E-state index in [-0.39, 0.29) is 12.0 Å². The molecule has 0 radical (unpaired) electrons. The Hall–Kier alpha value is -2.10. The van der Waals surface area contributed by atoms with Gasteiger partial charge in [-0.1, -0.05) is 54.1 Å². The van der Waals surface area contributed by atoms with Crippen LogP contribution in [0.4, 0.5) is 0 Å². The van der Waals surface area contributed by atoms with Crippen molar-refractivity contribution in [2.24, 2.45) is 0 Å². The monoisotopic (exact) mass is 299 g/mol. The summed E-state index contributed by atoms with van der Waals surface area (Å²) in [5.41, 5.74) is 2.00. The molecule has 1 saturated heterocycles. The molecule has 1 heterocycles. The van der Waals surface area contributed by atoms with Crippen molar-refractivity contribution in [2.45, 2.75) is 12.2 Å². The molecule has 0 aliphatic carbocycles. The Balaban J connectivity index is 1.53. The summed E-state index contributed by atoms with van der Waals surface area (Å²) in [6.07, 6.45) is 2.88. The number of halogens is 1. The molecule has 4 heteroatoms. The summed E-state index contributed by atoms with van der Waals surface area (Å²) < 4.78 is 5.42. The van der Waals surface area contributed by atoms with Crippen LogP contribution in [0.2, 0.25) is 5.02 Å². The summed E-state index contributed by atoms with van der Waals surface area (Å²) in [5.74, 6) is -0.137. The van der Waals surface area contributed by atoms with Gasteiger partial charge in [-0.3, -0.25) is 4.79 Å². The number of amides is 1. The summed E-state index contributed by atoms with van der Waals surface area (Å²) in [7, 11) is 0. The lowest BCUT2D eigenvalue weighted by atomic mass is 10.1. The molecular formula is C17H14ClNO2. The predicted octanol–water partition coefficient (Wildman–Crippen LogP) is 3.57. The maximum absolute atomic E-state index is 11.9. The Bertz CT molecular complexity index is 652. The molecule has 1 aliphatic heterocycles. The second-order valence-electron chi connectivity index (χ2n) is 4.78. The van der Waals surface area contributed by atoms with Crippen LogP contribution in [0.5, 0.6) is 0 Å². The fourth-order valence-electron chi connectivity index (χ4n) is 2.08. The zero-order valence-electron chi connectivity index (χ0n) is 11.2. The molecule has 21 heavy (non-hydrogen) atoms. The van der Waals surface area contributed by atoms with Crippen LogP contribution in [0.1, 0.15) is 17.2 Å². The molecule has 1 amide bonds. The van der Waals surface area contributed by atoms with Gasteiger partial charge in [0.25, 0.3) is 5.91 Å². The number of benzene rings is 2. The number of nitrogens with one attached hydrogen (secondary N) is 1. The quantitative estimate of drug-likeness (QED) is 0.877. The third kappa shape index (κ3) is 3.51. The maximum Gasteiger partial charge on any atom is 0.256 e. The van der Waals surface area contributed by atoms with E-state index in [0.717, 1.165) is 11.1 Å². The molecule has 1 fully saturated rings. The molecule has 106 valence electrons. The largest absolute Gasteiger partial charge is 0.354 e. The van der Waals surface area contributed by atoms with Gasteiger partial charge in [0.15, 0.2) is 6.10 Å².